The summed E-state index contributed by atoms with van der Waals surface area (Å²) in [7, 11) is 1.45. The molecule has 2 aromatic rings. The molecule has 0 aliphatic rings. The van der Waals surface area contributed by atoms with E-state index in [1.165, 1.54) is 7.11 Å². The lowest BCUT2D eigenvalue weighted by Crippen LogP contribution is -2.25. The average Bonchev–Trinajstić information content (AvgIpc) is 2.76. The molecule has 0 saturated carbocycles. The molecule has 0 aliphatic carbocycles. The topological polar surface area (TPSA) is 203 Å². The Labute approximate surface area is 193 Å². The monoisotopic (exact) mass is 522 g/mol. The van der Waals surface area contributed by atoms with E-state index >= 15 is 0 Å². The van der Waals surface area contributed by atoms with Crippen LogP contribution in [0.1, 0.15) is 22.4 Å². The third-order valence-electron chi connectivity index (χ3n) is 4.01. The van der Waals surface area contributed by atoms with E-state index in [0.717, 1.165) is 12.3 Å². The van der Waals surface area contributed by atoms with E-state index in [0.29, 0.717) is 21.8 Å². The zero-order valence-electron chi connectivity index (χ0n) is 17.1. The van der Waals surface area contributed by atoms with Gasteiger partial charge in [-0.05, 0) is 22.9 Å². The van der Waals surface area contributed by atoms with Gasteiger partial charge in [0.15, 0.2) is 6.61 Å². The number of nitrogens with one attached hydrogen (secondary N) is 1. The van der Waals surface area contributed by atoms with Gasteiger partial charge in [0.2, 0.25) is 11.6 Å². The lowest BCUT2D eigenvalue weighted by atomic mass is 10.1. The molecule has 0 spiro atoms. The number of carbonyl (C=O) groups is 1. The van der Waals surface area contributed by atoms with Crippen LogP contribution in [-0.4, -0.2) is 45.8 Å². The van der Waals surface area contributed by atoms with Crippen molar-refractivity contribution >= 4 is 39.4 Å². The first-order chi connectivity index (χ1) is 15.6. The van der Waals surface area contributed by atoms with Crippen molar-refractivity contribution in [2.45, 2.75) is 13.5 Å². The molecular formula is C18H15BrN6O8. The first-order valence-electron chi connectivity index (χ1n) is 8.79. The van der Waals surface area contributed by atoms with Crippen molar-refractivity contribution < 1.29 is 29.2 Å². The molecule has 172 valence electrons. The van der Waals surface area contributed by atoms with Crippen LogP contribution in [0.15, 0.2) is 21.7 Å². The number of non-ortho nitro benzene ring substituents is 1. The van der Waals surface area contributed by atoms with Gasteiger partial charge in [0, 0.05) is 23.2 Å². The maximum atomic E-state index is 12.0. The summed E-state index contributed by atoms with van der Waals surface area (Å²) in [4.78, 5) is 36.2. The summed E-state index contributed by atoms with van der Waals surface area (Å²) in [5.74, 6) is -1.76. The standard InChI is InChI=1S/C18H15BrN6O8/c1-9-16(19)13(7-32-2)12(5-20)18(22-9)33-8-15(26)23-21-6-10-3-11(24(28)29)4-14(17(10)27)25(30)31/h3-4,6,27H,7-8H2,1-2H3,(H,23,26)/b21-6-. The average molecular weight is 523 g/mol. The van der Waals surface area contributed by atoms with Gasteiger partial charge in [-0.25, -0.2) is 10.4 Å². The smallest absolute Gasteiger partial charge is 0.318 e. The third kappa shape index (κ3) is 5.96. The number of rotatable bonds is 9. The van der Waals surface area contributed by atoms with Crippen LogP contribution in [0, 0.1) is 38.5 Å². The Bertz CT molecular complexity index is 1190. The van der Waals surface area contributed by atoms with Crippen molar-refractivity contribution in [3.05, 3.63) is 59.2 Å². The first-order valence-corrected chi connectivity index (χ1v) is 9.58. The summed E-state index contributed by atoms with van der Waals surface area (Å²) >= 11 is 3.32. The lowest BCUT2D eigenvalue weighted by Gasteiger charge is -2.13. The molecule has 0 aliphatic heterocycles. The second-order valence-electron chi connectivity index (χ2n) is 6.21. The Morgan fingerprint density at radius 3 is 2.67 bits per heavy atom. The van der Waals surface area contributed by atoms with Crippen molar-refractivity contribution in [3.8, 4) is 17.7 Å². The maximum absolute atomic E-state index is 12.0. The number of nitrogens with zero attached hydrogens (tertiary/aromatic N) is 5. The van der Waals surface area contributed by atoms with Crippen LogP contribution in [-0.2, 0) is 16.1 Å². The number of hydrogen-bond acceptors (Lipinski definition) is 11. The number of ether oxygens (including phenoxy) is 2. The second kappa shape index (κ2) is 10.9. The fourth-order valence-electron chi connectivity index (χ4n) is 2.52. The van der Waals surface area contributed by atoms with Gasteiger partial charge < -0.3 is 14.6 Å². The van der Waals surface area contributed by atoms with E-state index in [9.17, 15) is 35.4 Å². The molecule has 15 heteroatoms. The number of amides is 1. The minimum atomic E-state index is -0.996. The van der Waals surface area contributed by atoms with Crippen LogP contribution >= 0.6 is 15.9 Å². The number of carbonyl (C=O) groups excluding carboxylic acids is 1. The van der Waals surface area contributed by atoms with Gasteiger partial charge >= 0.3 is 5.69 Å². The summed E-state index contributed by atoms with van der Waals surface area (Å²) in [5, 5.41) is 44.8. The van der Waals surface area contributed by atoms with E-state index < -0.39 is 39.5 Å². The molecule has 2 N–H and O–H groups in total. The van der Waals surface area contributed by atoms with Crippen LogP contribution in [0.4, 0.5) is 11.4 Å². The number of nitro benzene ring substituents is 2. The molecule has 0 radical (unpaired) electrons. The molecule has 2 rings (SSSR count). The van der Waals surface area contributed by atoms with E-state index in [1.54, 1.807) is 6.92 Å². The summed E-state index contributed by atoms with van der Waals surface area (Å²) in [5.41, 5.74) is 1.19. The Hall–Kier alpha value is -4.16. The highest BCUT2D eigenvalue weighted by atomic mass is 79.9. The molecule has 0 atom stereocenters. The van der Waals surface area contributed by atoms with Crippen LogP contribution in [0.3, 0.4) is 0 Å². The maximum Gasteiger partial charge on any atom is 0.318 e. The molecule has 0 fully saturated rings. The molecule has 1 aromatic heterocycles. The number of phenolic OH excluding ortho intramolecular Hbond substituents is 1. The molecular weight excluding hydrogens is 508 g/mol. The van der Waals surface area contributed by atoms with Crippen molar-refractivity contribution in [1.29, 1.82) is 5.26 Å². The zero-order chi connectivity index (χ0) is 24.7. The van der Waals surface area contributed by atoms with E-state index in [-0.39, 0.29) is 23.6 Å². The highest BCUT2D eigenvalue weighted by molar-refractivity contribution is 9.10. The van der Waals surface area contributed by atoms with Gasteiger partial charge in [-0.15, -0.1) is 0 Å². The van der Waals surface area contributed by atoms with E-state index in [4.69, 9.17) is 9.47 Å². The molecule has 1 heterocycles. The molecule has 33 heavy (non-hydrogen) atoms. The van der Waals surface area contributed by atoms with Gasteiger partial charge in [0.25, 0.3) is 11.6 Å². The molecule has 1 aromatic carbocycles. The highest BCUT2D eigenvalue weighted by Crippen LogP contribution is 2.33. The number of benzene rings is 1. The molecule has 0 unspecified atom stereocenters. The molecule has 1 amide bonds. The normalized spacial score (nSPS) is 10.6. The number of aryl methyl sites for hydroxylation is 1. The number of halogens is 1. The van der Waals surface area contributed by atoms with Gasteiger partial charge in [-0.1, -0.05) is 0 Å². The first kappa shape index (κ1) is 25.1. The summed E-state index contributed by atoms with van der Waals surface area (Å²) < 4.78 is 10.9. The third-order valence-corrected chi connectivity index (χ3v) is 5.06. The van der Waals surface area contributed by atoms with Gasteiger partial charge in [-0.2, -0.15) is 10.4 Å². The van der Waals surface area contributed by atoms with Crippen molar-refractivity contribution in [2.75, 3.05) is 13.7 Å². The van der Waals surface area contributed by atoms with Gasteiger partial charge in [0.1, 0.15) is 11.6 Å². The van der Waals surface area contributed by atoms with Crippen molar-refractivity contribution in [1.82, 2.24) is 10.4 Å². The second-order valence-corrected chi connectivity index (χ2v) is 7.01. The van der Waals surface area contributed by atoms with Crippen LogP contribution in [0.25, 0.3) is 0 Å². The number of nitro groups is 2. The zero-order valence-corrected chi connectivity index (χ0v) is 18.7. The predicted octanol–water partition coefficient (Wildman–Crippen LogP) is 2.22. The summed E-state index contributed by atoms with van der Waals surface area (Å²) in [6.45, 7) is 1.15. The lowest BCUT2D eigenvalue weighted by molar-refractivity contribution is -0.394. The van der Waals surface area contributed by atoms with E-state index in [1.807, 2.05) is 11.5 Å². The summed E-state index contributed by atoms with van der Waals surface area (Å²) in [6, 6.07) is 3.38. The van der Waals surface area contributed by atoms with Crippen LogP contribution < -0.4 is 10.2 Å². The number of aromatic hydroxyl groups is 1. The Morgan fingerprint density at radius 2 is 2.09 bits per heavy atom. The summed E-state index contributed by atoms with van der Waals surface area (Å²) in [6.07, 6.45) is 0.798. The number of nitriles is 1. The van der Waals surface area contributed by atoms with Crippen molar-refractivity contribution in [2.24, 2.45) is 5.10 Å². The van der Waals surface area contributed by atoms with E-state index in [2.05, 4.69) is 26.0 Å². The fraction of sp³-hybridized carbons (Fsp3) is 0.222. The fourth-order valence-corrected chi connectivity index (χ4v) is 2.92. The predicted molar refractivity (Wildman–Crippen MR) is 115 cm³/mol. The Kier molecular flexibility index (Phi) is 8.31. The number of methoxy groups -OCH3 is 1. The number of phenols is 1. The SMILES string of the molecule is COCc1c(Br)c(C)nc(OCC(=O)N/N=C\c2cc([N+](=O)[O-])cc([N+](=O)[O-])c2O)c1C#N. The minimum absolute atomic E-state index is 0.0689. The molecule has 14 nitrogen and oxygen atoms in total. The number of pyridine rings is 1. The Morgan fingerprint density at radius 1 is 1.39 bits per heavy atom. The highest BCUT2D eigenvalue weighted by Gasteiger charge is 2.23. The largest absolute Gasteiger partial charge is 0.502 e. The quantitative estimate of drug-likeness (QED) is 0.279. The van der Waals surface area contributed by atoms with Gasteiger partial charge in [0.05, 0.1) is 40.0 Å². The van der Waals surface area contributed by atoms with Crippen LogP contribution in [0.2, 0.25) is 0 Å². The minimum Gasteiger partial charge on any atom is -0.502 e. The van der Waals surface area contributed by atoms with Gasteiger partial charge in [-0.3, -0.25) is 25.0 Å². The van der Waals surface area contributed by atoms with Crippen molar-refractivity contribution in [3.63, 3.8) is 0 Å². The number of hydrazone groups is 1. The van der Waals surface area contributed by atoms with Crippen LogP contribution in [0.5, 0.6) is 11.6 Å². The Balaban J connectivity index is 2.16. The molecule has 0 saturated heterocycles. The molecule has 0 bridgehead atoms. The number of hydrogen-bond donors (Lipinski definition) is 2. The number of aromatic nitrogens is 1.